The predicted octanol–water partition coefficient (Wildman–Crippen LogP) is 1.07. The minimum atomic E-state index is 0.238. The van der Waals surface area contributed by atoms with E-state index in [0.29, 0.717) is 12.1 Å². The van der Waals surface area contributed by atoms with E-state index in [1.54, 1.807) is 6.92 Å². The summed E-state index contributed by atoms with van der Waals surface area (Å²) in [4.78, 5) is 16.1. The smallest absolute Gasteiger partial charge is 0.219 e. The fourth-order valence-corrected chi connectivity index (χ4v) is 3.26. The van der Waals surface area contributed by atoms with Gasteiger partial charge >= 0.3 is 0 Å². The van der Waals surface area contributed by atoms with Crippen LogP contribution in [0.3, 0.4) is 0 Å². The third kappa shape index (κ3) is 3.69. The van der Waals surface area contributed by atoms with Crippen LogP contribution in [0.1, 0.15) is 39.0 Å². The first kappa shape index (κ1) is 13.8. The molecule has 2 saturated heterocycles. The number of likely N-dealkylation sites (tertiary alicyclic amines) is 2. The van der Waals surface area contributed by atoms with Gasteiger partial charge in [-0.1, -0.05) is 0 Å². The molecule has 2 aliphatic heterocycles. The van der Waals surface area contributed by atoms with Gasteiger partial charge in [-0.3, -0.25) is 4.79 Å². The van der Waals surface area contributed by atoms with Gasteiger partial charge in [0.05, 0.1) is 0 Å². The number of carbonyl (C=O) groups is 1. The third-order valence-corrected chi connectivity index (χ3v) is 4.30. The van der Waals surface area contributed by atoms with Crippen molar-refractivity contribution in [3.63, 3.8) is 0 Å². The van der Waals surface area contributed by atoms with Gasteiger partial charge in [0.15, 0.2) is 0 Å². The molecule has 0 aliphatic carbocycles. The van der Waals surface area contributed by atoms with Crippen molar-refractivity contribution < 1.29 is 4.79 Å². The summed E-state index contributed by atoms with van der Waals surface area (Å²) in [6.45, 7) is 5.99. The van der Waals surface area contributed by atoms with Crippen LogP contribution in [0, 0.1) is 0 Å². The summed E-state index contributed by atoms with van der Waals surface area (Å²) < 4.78 is 0. The Kier molecular flexibility index (Phi) is 5.01. The second-order valence-electron chi connectivity index (χ2n) is 5.87. The average molecular weight is 253 g/mol. The van der Waals surface area contributed by atoms with E-state index in [1.165, 1.54) is 32.2 Å². The molecule has 0 aromatic rings. The van der Waals surface area contributed by atoms with Gasteiger partial charge in [-0.25, -0.2) is 0 Å². The van der Waals surface area contributed by atoms with Crippen LogP contribution in [0.4, 0.5) is 0 Å². The molecule has 2 aliphatic rings. The zero-order chi connectivity index (χ0) is 13.0. The predicted molar refractivity (Wildman–Crippen MR) is 73.5 cm³/mol. The molecule has 0 aromatic carbocycles. The quantitative estimate of drug-likeness (QED) is 0.817. The summed E-state index contributed by atoms with van der Waals surface area (Å²) in [6.07, 6.45) is 6.16. The molecular weight excluding hydrogens is 226 g/mol. The second-order valence-corrected chi connectivity index (χ2v) is 5.87. The highest BCUT2D eigenvalue weighted by atomic mass is 16.2. The van der Waals surface area contributed by atoms with Crippen LogP contribution in [0.25, 0.3) is 0 Å². The van der Waals surface area contributed by atoms with E-state index in [2.05, 4.69) is 22.2 Å². The molecule has 4 nitrogen and oxygen atoms in total. The average Bonchev–Trinajstić information content (AvgIpc) is 2.37. The molecule has 2 unspecified atom stereocenters. The standard InChI is InChI=1S/C14H27N3O/c1-12(18)17-9-4-3-7-14(17)10-15-13-6-5-8-16(2)11-13/h13-15H,3-11H2,1-2H3. The number of piperidine rings is 2. The van der Waals surface area contributed by atoms with E-state index in [0.717, 1.165) is 26.1 Å². The maximum atomic E-state index is 11.6. The van der Waals surface area contributed by atoms with Gasteiger partial charge in [-0.05, 0) is 45.7 Å². The summed E-state index contributed by atoms with van der Waals surface area (Å²) in [5.74, 6) is 0.238. The summed E-state index contributed by atoms with van der Waals surface area (Å²) >= 11 is 0. The van der Waals surface area contributed by atoms with E-state index < -0.39 is 0 Å². The number of nitrogens with zero attached hydrogens (tertiary/aromatic N) is 2. The molecule has 2 rings (SSSR count). The lowest BCUT2D eigenvalue weighted by atomic mass is 10.0. The molecule has 0 aromatic heterocycles. The summed E-state index contributed by atoms with van der Waals surface area (Å²) in [6, 6.07) is 1.03. The summed E-state index contributed by atoms with van der Waals surface area (Å²) in [5.41, 5.74) is 0. The number of hydrogen-bond acceptors (Lipinski definition) is 3. The van der Waals surface area contributed by atoms with Crippen molar-refractivity contribution >= 4 is 5.91 Å². The first-order valence-corrected chi connectivity index (χ1v) is 7.36. The molecule has 0 bridgehead atoms. The lowest BCUT2D eigenvalue weighted by Crippen LogP contribution is -2.52. The Hall–Kier alpha value is -0.610. The van der Waals surface area contributed by atoms with Gasteiger partial charge in [-0.15, -0.1) is 0 Å². The Balaban J connectivity index is 1.78. The maximum Gasteiger partial charge on any atom is 0.219 e. The van der Waals surface area contributed by atoms with Crippen molar-refractivity contribution in [2.24, 2.45) is 0 Å². The number of hydrogen-bond donors (Lipinski definition) is 1. The zero-order valence-electron chi connectivity index (χ0n) is 11.8. The van der Waals surface area contributed by atoms with Crippen molar-refractivity contribution in [1.82, 2.24) is 15.1 Å². The van der Waals surface area contributed by atoms with Crippen LogP contribution in [0.15, 0.2) is 0 Å². The molecule has 2 fully saturated rings. The highest BCUT2D eigenvalue weighted by Gasteiger charge is 2.25. The molecule has 4 heteroatoms. The zero-order valence-corrected chi connectivity index (χ0v) is 11.8. The van der Waals surface area contributed by atoms with Crippen LogP contribution in [0.2, 0.25) is 0 Å². The van der Waals surface area contributed by atoms with Crippen LogP contribution < -0.4 is 5.32 Å². The molecular formula is C14H27N3O. The van der Waals surface area contributed by atoms with Crippen molar-refractivity contribution in [2.75, 3.05) is 33.2 Å². The number of nitrogens with one attached hydrogen (secondary N) is 1. The van der Waals surface area contributed by atoms with Crippen molar-refractivity contribution in [1.29, 1.82) is 0 Å². The minimum absolute atomic E-state index is 0.238. The van der Waals surface area contributed by atoms with Gasteiger partial charge in [0.1, 0.15) is 0 Å². The molecule has 0 spiro atoms. The minimum Gasteiger partial charge on any atom is -0.339 e. The van der Waals surface area contributed by atoms with Crippen molar-refractivity contribution in [2.45, 2.75) is 51.1 Å². The fraction of sp³-hybridized carbons (Fsp3) is 0.929. The highest BCUT2D eigenvalue weighted by molar-refractivity contribution is 5.73. The van der Waals surface area contributed by atoms with E-state index in [1.807, 2.05) is 0 Å². The third-order valence-electron chi connectivity index (χ3n) is 4.30. The lowest BCUT2D eigenvalue weighted by Gasteiger charge is -2.37. The first-order valence-electron chi connectivity index (χ1n) is 7.36. The highest BCUT2D eigenvalue weighted by Crippen LogP contribution is 2.17. The first-order chi connectivity index (χ1) is 8.66. The van der Waals surface area contributed by atoms with E-state index in [4.69, 9.17) is 0 Å². The Bertz CT molecular complexity index is 282. The van der Waals surface area contributed by atoms with E-state index in [9.17, 15) is 4.79 Å². The van der Waals surface area contributed by atoms with Crippen molar-refractivity contribution in [3.05, 3.63) is 0 Å². The lowest BCUT2D eigenvalue weighted by molar-refractivity contribution is -0.132. The van der Waals surface area contributed by atoms with Gasteiger partial charge in [0, 0.05) is 38.6 Å². The number of likely N-dealkylation sites (N-methyl/N-ethyl adjacent to an activating group) is 1. The van der Waals surface area contributed by atoms with Crippen LogP contribution in [-0.2, 0) is 4.79 Å². The van der Waals surface area contributed by atoms with Gasteiger partial charge in [0.2, 0.25) is 5.91 Å². The number of carbonyl (C=O) groups excluding carboxylic acids is 1. The van der Waals surface area contributed by atoms with Crippen LogP contribution in [0.5, 0.6) is 0 Å². The Morgan fingerprint density at radius 2 is 2.06 bits per heavy atom. The Labute approximate surface area is 111 Å². The molecule has 1 N–H and O–H groups in total. The van der Waals surface area contributed by atoms with Crippen LogP contribution in [-0.4, -0.2) is 61.0 Å². The second kappa shape index (κ2) is 6.53. The largest absolute Gasteiger partial charge is 0.339 e. The molecule has 0 saturated carbocycles. The Morgan fingerprint density at radius 1 is 1.22 bits per heavy atom. The molecule has 0 radical (unpaired) electrons. The molecule has 1 amide bonds. The van der Waals surface area contributed by atoms with Crippen LogP contribution >= 0.6 is 0 Å². The summed E-state index contributed by atoms with van der Waals surface area (Å²) in [7, 11) is 2.19. The fourth-order valence-electron chi connectivity index (χ4n) is 3.26. The number of amides is 1. The normalized spacial score (nSPS) is 30.4. The molecule has 2 heterocycles. The topological polar surface area (TPSA) is 35.6 Å². The van der Waals surface area contributed by atoms with Gasteiger partial charge in [-0.2, -0.15) is 0 Å². The van der Waals surface area contributed by atoms with E-state index >= 15 is 0 Å². The Morgan fingerprint density at radius 3 is 2.78 bits per heavy atom. The van der Waals surface area contributed by atoms with Crippen molar-refractivity contribution in [3.8, 4) is 0 Å². The maximum absolute atomic E-state index is 11.6. The summed E-state index contributed by atoms with van der Waals surface area (Å²) in [5, 5.41) is 3.67. The monoisotopic (exact) mass is 253 g/mol. The molecule has 104 valence electrons. The van der Waals surface area contributed by atoms with Gasteiger partial charge in [0.25, 0.3) is 0 Å². The SMILES string of the molecule is CC(=O)N1CCCCC1CNC1CCCN(C)C1. The van der Waals surface area contributed by atoms with Gasteiger partial charge < -0.3 is 15.1 Å². The molecule has 18 heavy (non-hydrogen) atoms. The number of rotatable bonds is 3. The molecule has 2 atom stereocenters. The van der Waals surface area contributed by atoms with E-state index in [-0.39, 0.29) is 5.91 Å².